The number of benzene rings is 2. The van der Waals surface area contributed by atoms with Gasteiger partial charge in [0.1, 0.15) is 5.82 Å². The second-order valence-corrected chi connectivity index (χ2v) is 9.75. The largest absolute Gasteiger partial charge is 0.322 e. The number of para-hydroxylation sites is 1. The number of amides is 1. The SMILES string of the molecule is CC(C)c1ccc(S(=O)(=O)N2CCN(C(C)C(=O)Nc3ccccc3F)CC2)cc1. The van der Waals surface area contributed by atoms with E-state index in [0.717, 1.165) is 5.56 Å². The number of nitrogens with one attached hydrogen (secondary N) is 1. The van der Waals surface area contributed by atoms with Crippen molar-refractivity contribution in [3.05, 3.63) is 59.9 Å². The summed E-state index contributed by atoms with van der Waals surface area (Å²) in [5, 5.41) is 2.60. The molecule has 1 aliphatic heterocycles. The van der Waals surface area contributed by atoms with E-state index in [1.165, 1.54) is 16.4 Å². The molecule has 1 unspecified atom stereocenters. The molecule has 0 radical (unpaired) electrons. The lowest BCUT2D eigenvalue weighted by atomic mass is 10.0. The maximum absolute atomic E-state index is 13.8. The van der Waals surface area contributed by atoms with Crippen molar-refractivity contribution in [3.8, 4) is 0 Å². The number of carbonyl (C=O) groups excluding carboxylic acids is 1. The number of halogens is 1. The van der Waals surface area contributed by atoms with E-state index in [-0.39, 0.29) is 16.5 Å². The van der Waals surface area contributed by atoms with Gasteiger partial charge in [-0.15, -0.1) is 0 Å². The van der Waals surface area contributed by atoms with Crippen LogP contribution in [0.15, 0.2) is 53.4 Å². The van der Waals surface area contributed by atoms with E-state index in [9.17, 15) is 17.6 Å². The summed E-state index contributed by atoms with van der Waals surface area (Å²) in [6, 6.07) is 12.5. The van der Waals surface area contributed by atoms with E-state index < -0.39 is 21.9 Å². The lowest BCUT2D eigenvalue weighted by molar-refractivity contribution is -0.121. The van der Waals surface area contributed by atoms with Crippen LogP contribution in [-0.4, -0.2) is 55.8 Å². The summed E-state index contributed by atoms with van der Waals surface area (Å²) in [4.78, 5) is 14.7. The van der Waals surface area contributed by atoms with Gasteiger partial charge in [-0.05, 0) is 42.7 Å². The Balaban J connectivity index is 1.60. The molecule has 0 bridgehead atoms. The van der Waals surface area contributed by atoms with Crippen molar-refractivity contribution in [2.45, 2.75) is 37.6 Å². The summed E-state index contributed by atoms with van der Waals surface area (Å²) in [5.74, 6) is -0.472. The molecule has 162 valence electrons. The van der Waals surface area contributed by atoms with Crippen LogP contribution in [0.25, 0.3) is 0 Å². The molecule has 2 aromatic rings. The molecule has 2 aromatic carbocycles. The predicted molar refractivity (Wildman–Crippen MR) is 115 cm³/mol. The fraction of sp³-hybridized carbons (Fsp3) is 0.409. The predicted octanol–water partition coefficient (Wildman–Crippen LogP) is 3.28. The van der Waals surface area contributed by atoms with E-state index >= 15 is 0 Å². The van der Waals surface area contributed by atoms with E-state index in [2.05, 4.69) is 19.2 Å². The number of anilines is 1. The third-order valence-corrected chi connectivity index (χ3v) is 7.43. The first-order valence-electron chi connectivity index (χ1n) is 10.1. The van der Waals surface area contributed by atoms with Gasteiger partial charge in [-0.1, -0.05) is 38.1 Å². The van der Waals surface area contributed by atoms with Crippen LogP contribution in [0.3, 0.4) is 0 Å². The molecule has 0 aromatic heterocycles. The van der Waals surface area contributed by atoms with Crippen molar-refractivity contribution < 1.29 is 17.6 Å². The molecule has 0 spiro atoms. The van der Waals surface area contributed by atoms with Crippen molar-refractivity contribution in [3.63, 3.8) is 0 Å². The Kier molecular flexibility index (Phi) is 6.90. The molecule has 0 saturated carbocycles. The smallest absolute Gasteiger partial charge is 0.243 e. The Morgan fingerprint density at radius 1 is 0.967 bits per heavy atom. The van der Waals surface area contributed by atoms with Gasteiger partial charge < -0.3 is 5.32 Å². The summed E-state index contributed by atoms with van der Waals surface area (Å²) in [6.45, 7) is 7.31. The van der Waals surface area contributed by atoms with Crippen LogP contribution in [0.4, 0.5) is 10.1 Å². The van der Waals surface area contributed by atoms with Gasteiger partial charge in [0.05, 0.1) is 16.6 Å². The fourth-order valence-electron chi connectivity index (χ4n) is 3.47. The first-order chi connectivity index (χ1) is 14.2. The highest BCUT2D eigenvalue weighted by Crippen LogP contribution is 2.22. The number of piperazine rings is 1. The van der Waals surface area contributed by atoms with Gasteiger partial charge in [0.2, 0.25) is 15.9 Å². The molecule has 1 aliphatic rings. The van der Waals surface area contributed by atoms with Crippen LogP contribution in [0.5, 0.6) is 0 Å². The third-order valence-electron chi connectivity index (χ3n) is 5.52. The zero-order valence-electron chi connectivity index (χ0n) is 17.5. The van der Waals surface area contributed by atoms with E-state index in [1.807, 2.05) is 17.0 Å². The quantitative estimate of drug-likeness (QED) is 0.759. The highest BCUT2D eigenvalue weighted by Gasteiger charge is 2.32. The van der Waals surface area contributed by atoms with Gasteiger partial charge >= 0.3 is 0 Å². The first kappa shape index (κ1) is 22.4. The summed E-state index contributed by atoms with van der Waals surface area (Å²) >= 11 is 0. The molecular weight excluding hydrogens is 405 g/mol. The molecule has 8 heteroatoms. The Labute approximate surface area is 177 Å². The molecule has 1 atom stereocenters. The minimum atomic E-state index is -3.57. The summed E-state index contributed by atoms with van der Waals surface area (Å²) in [5.41, 5.74) is 1.23. The average Bonchev–Trinajstić information content (AvgIpc) is 2.75. The van der Waals surface area contributed by atoms with Crippen molar-refractivity contribution >= 4 is 21.6 Å². The highest BCUT2D eigenvalue weighted by molar-refractivity contribution is 7.89. The Bertz CT molecular complexity index is 985. The Hall–Kier alpha value is -2.29. The second-order valence-electron chi connectivity index (χ2n) is 7.81. The molecule has 6 nitrogen and oxygen atoms in total. The molecule has 0 aliphatic carbocycles. The van der Waals surface area contributed by atoms with Gasteiger partial charge in [0.25, 0.3) is 0 Å². The zero-order chi connectivity index (χ0) is 21.9. The van der Waals surface area contributed by atoms with Crippen molar-refractivity contribution in [2.24, 2.45) is 0 Å². The molecule has 1 heterocycles. The minimum absolute atomic E-state index is 0.139. The fourth-order valence-corrected chi connectivity index (χ4v) is 4.89. The summed E-state index contributed by atoms with van der Waals surface area (Å²) in [6.07, 6.45) is 0. The number of nitrogens with zero attached hydrogens (tertiary/aromatic N) is 2. The molecule has 1 saturated heterocycles. The van der Waals surface area contributed by atoms with Crippen LogP contribution >= 0.6 is 0 Å². The van der Waals surface area contributed by atoms with E-state index in [1.54, 1.807) is 31.2 Å². The second kappa shape index (κ2) is 9.24. The molecule has 30 heavy (non-hydrogen) atoms. The van der Waals surface area contributed by atoms with Crippen LogP contribution < -0.4 is 5.32 Å². The van der Waals surface area contributed by atoms with Gasteiger partial charge in [0.15, 0.2) is 0 Å². The van der Waals surface area contributed by atoms with Crippen LogP contribution in [-0.2, 0) is 14.8 Å². The van der Waals surface area contributed by atoms with Crippen molar-refractivity contribution in [1.82, 2.24) is 9.21 Å². The van der Waals surface area contributed by atoms with E-state index in [4.69, 9.17) is 0 Å². The molecular formula is C22H28FN3O3S. The number of hydrogen-bond acceptors (Lipinski definition) is 4. The molecule has 1 fully saturated rings. The monoisotopic (exact) mass is 433 g/mol. The number of sulfonamides is 1. The number of rotatable bonds is 6. The maximum atomic E-state index is 13.8. The first-order valence-corrected chi connectivity index (χ1v) is 11.5. The van der Waals surface area contributed by atoms with Crippen LogP contribution in [0.2, 0.25) is 0 Å². The number of hydrogen-bond donors (Lipinski definition) is 1. The lowest BCUT2D eigenvalue weighted by Crippen LogP contribution is -2.53. The highest BCUT2D eigenvalue weighted by atomic mass is 32.2. The van der Waals surface area contributed by atoms with Crippen LogP contribution in [0.1, 0.15) is 32.3 Å². The summed E-state index contributed by atoms with van der Waals surface area (Å²) in [7, 11) is -3.57. The van der Waals surface area contributed by atoms with Gasteiger partial charge in [-0.3, -0.25) is 9.69 Å². The minimum Gasteiger partial charge on any atom is -0.322 e. The topological polar surface area (TPSA) is 69.7 Å². The van der Waals surface area contributed by atoms with Crippen molar-refractivity contribution in [1.29, 1.82) is 0 Å². The Morgan fingerprint density at radius 2 is 1.57 bits per heavy atom. The number of carbonyl (C=O) groups is 1. The Morgan fingerprint density at radius 3 is 2.13 bits per heavy atom. The van der Waals surface area contributed by atoms with Crippen molar-refractivity contribution in [2.75, 3.05) is 31.5 Å². The van der Waals surface area contributed by atoms with Gasteiger partial charge in [-0.25, -0.2) is 12.8 Å². The molecule has 1 N–H and O–H groups in total. The standard InChI is InChI=1S/C22H28FN3O3S/c1-16(2)18-8-10-19(11-9-18)30(28,29)26-14-12-25(13-15-26)17(3)22(27)24-21-7-5-4-6-20(21)23/h4-11,16-17H,12-15H2,1-3H3,(H,24,27). The van der Waals surface area contributed by atoms with Gasteiger partial charge in [-0.2, -0.15) is 4.31 Å². The maximum Gasteiger partial charge on any atom is 0.243 e. The molecule has 1 amide bonds. The lowest BCUT2D eigenvalue weighted by Gasteiger charge is -2.36. The average molecular weight is 434 g/mol. The molecule has 3 rings (SSSR count). The zero-order valence-corrected chi connectivity index (χ0v) is 18.3. The van der Waals surface area contributed by atoms with Crippen LogP contribution in [0, 0.1) is 5.82 Å². The van der Waals surface area contributed by atoms with E-state index in [0.29, 0.717) is 32.1 Å². The normalized spacial score (nSPS) is 17.1. The third kappa shape index (κ3) is 4.88. The van der Waals surface area contributed by atoms with Gasteiger partial charge in [0, 0.05) is 26.2 Å². The summed E-state index contributed by atoms with van der Waals surface area (Å²) < 4.78 is 41.1.